The van der Waals surface area contributed by atoms with E-state index in [-0.39, 0.29) is 12.3 Å². The van der Waals surface area contributed by atoms with Crippen LogP contribution >= 0.6 is 12.2 Å². The van der Waals surface area contributed by atoms with Gasteiger partial charge in [-0.15, -0.1) is 0 Å². The monoisotopic (exact) mass is 172 g/mol. The molecule has 0 unspecified atom stereocenters. The van der Waals surface area contributed by atoms with Crippen LogP contribution in [0, 0.1) is 0 Å². The van der Waals surface area contributed by atoms with Crippen LogP contribution in [0.4, 0.5) is 0 Å². The largest absolute Gasteiger partial charge is 0.393 e. The van der Waals surface area contributed by atoms with E-state index >= 15 is 0 Å². The van der Waals surface area contributed by atoms with Crippen molar-refractivity contribution in [2.24, 2.45) is 5.73 Å². The fraction of sp³-hybridized carbons (Fsp3) is 0.714. The lowest BCUT2D eigenvalue weighted by molar-refractivity contribution is -0.128. The Balaban J connectivity index is 2.34. The van der Waals surface area contributed by atoms with Gasteiger partial charge in [0.2, 0.25) is 5.91 Å². The van der Waals surface area contributed by atoms with E-state index in [1.54, 1.807) is 0 Å². The van der Waals surface area contributed by atoms with Gasteiger partial charge < -0.3 is 10.6 Å². The lowest BCUT2D eigenvalue weighted by atomic mass is 10.4. The van der Waals surface area contributed by atoms with Crippen molar-refractivity contribution in [2.75, 3.05) is 13.1 Å². The lowest BCUT2D eigenvalue weighted by Crippen LogP contribution is -2.30. The molecule has 0 aromatic rings. The molecular weight excluding hydrogens is 160 g/mol. The Hall–Kier alpha value is -0.640. The molecule has 0 aromatic carbocycles. The Morgan fingerprint density at radius 2 is 2.00 bits per heavy atom. The van der Waals surface area contributed by atoms with Crippen molar-refractivity contribution in [3.05, 3.63) is 0 Å². The molecule has 1 heterocycles. The van der Waals surface area contributed by atoms with Crippen LogP contribution in [-0.2, 0) is 4.79 Å². The number of nitrogens with two attached hydrogens (primary N) is 1. The van der Waals surface area contributed by atoms with Gasteiger partial charge in [0.15, 0.2) is 0 Å². The van der Waals surface area contributed by atoms with Gasteiger partial charge >= 0.3 is 0 Å². The summed E-state index contributed by atoms with van der Waals surface area (Å²) in [7, 11) is 0. The van der Waals surface area contributed by atoms with Crippen molar-refractivity contribution in [1.82, 2.24) is 4.90 Å². The van der Waals surface area contributed by atoms with E-state index in [0.29, 0.717) is 4.99 Å². The lowest BCUT2D eigenvalue weighted by Gasteiger charge is -2.13. The Morgan fingerprint density at radius 1 is 1.45 bits per heavy atom. The summed E-state index contributed by atoms with van der Waals surface area (Å²) in [5.74, 6) is 0.0787. The first-order chi connectivity index (χ1) is 5.20. The number of thiocarbonyl (C=S) groups is 1. The molecule has 11 heavy (non-hydrogen) atoms. The van der Waals surface area contributed by atoms with Crippen LogP contribution < -0.4 is 5.73 Å². The topological polar surface area (TPSA) is 46.3 Å². The average molecular weight is 172 g/mol. The fourth-order valence-corrected chi connectivity index (χ4v) is 1.35. The zero-order chi connectivity index (χ0) is 8.27. The molecule has 2 N–H and O–H groups in total. The first kappa shape index (κ1) is 8.46. The molecular formula is C7H12N2OS. The van der Waals surface area contributed by atoms with Crippen LogP contribution in [0.25, 0.3) is 0 Å². The maximum atomic E-state index is 11.2. The Kier molecular flexibility index (Phi) is 2.82. The van der Waals surface area contributed by atoms with Crippen LogP contribution in [0.1, 0.15) is 19.3 Å². The van der Waals surface area contributed by atoms with Crippen LogP contribution in [-0.4, -0.2) is 28.9 Å². The summed E-state index contributed by atoms with van der Waals surface area (Å²) in [6.07, 6.45) is 2.46. The maximum absolute atomic E-state index is 11.2. The van der Waals surface area contributed by atoms with E-state index in [1.807, 2.05) is 4.90 Å². The minimum absolute atomic E-state index is 0.0787. The van der Waals surface area contributed by atoms with Crippen molar-refractivity contribution in [3.63, 3.8) is 0 Å². The molecule has 1 aliphatic rings. The Bertz CT molecular complexity index is 175. The predicted octanol–water partition coefficient (Wildman–Crippen LogP) is 0.285. The van der Waals surface area contributed by atoms with Crippen molar-refractivity contribution >= 4 is 23.1 Å². The van der Waals surface area contributed by atoms with Crippen molar-refractivity contribution in [2.45, 2.75) is 19.3 Å². The molecule has 0 radical (unpaired) electrons. The number of hydrogen-bond acceptors (Lipinski definition) is 2. The zero-order valence-electron chi connectivity index (χ0n) is 6.38. The third-order valence-corrected chi connectivity index (χ3v) is 1.93. The van der Waals surface area contributed by atoms with Gasteiger partial charge in [-0.05, 0) is 12.8 Å². The van der Waals surface area contributed by atoms with Gasteiger partial charge in [-0.25, -0.2) is 0 Å². The highest BCUT2D eigenvalue weighted by Crippen LogP contribution is 2.08. The molecule has 1 saturated heterocycles. The van der Waals surface area contributed by atoms with Crippen LogP contribution in [0.15, 0.2) is 0 Å². The van der Waals surface area contributed by atoms with Gasteiger partial charge in [0.1, 0.15) is 0 Å². The molecule has 1 fully saturated rings. The van der Waals surface area contributed by atoms with E-state index in [2.05, 4.69) is 12.2 Å². The molecule has 0 aromatic heterocycles. The van der Waals surface area contributed by atoms with Gasteiger partial charge in [-0.1, -0.05) is 12.2 Å². The molecule has 0 saturated carbocycles. The van der Waals surface area contributed by atoms with E-state index in [9.17, 15) is 4.79 Å². The zero-order valence-corrected chi connectivity index (χ0v) is 7.19. The van der Waals surface area contributed by atoms with E-state index in [0.717, 1.165) is 25.9 Å². The summed E-state index contributed by atoms with van der Waals surface area (Å²) < 4.78 is 0. The minimum atomic E-state index is 0.0787. The third-order valence-electron chi connectivity index (χ3n) is 1.78. The predicted molar refractivity (Wildman–Crippen MR) is 47.2 cm³/mol. The van der Waals surface area contributed by atoms with Crippen LogP contribution in [0.2, 0.25) is 0 Å². The van der Waals surface area contributed by atoms with Gasteiger partial charge in [0, 0.05) is 13.1 Å². The van der Waals surface area contributed by atoms with E-state index in [4.69, 9.17) is 5.73 Å². The SMILES string of the molecule is NC(=S)CC(=O)N1CCCC1. The summed E-state index contributed by atoms with van der Waals surface area (Å²) in [4.78, 5) is 13.3. The smallest absolute Gasteiger partial charge is 0.229 e. The first-order valence-electron chi connectivity index (χ1n) is 3.76. The summed E-state index contributed by atoms with van der Waals surface area (Å²) in [6, 6.07) is 0. The van der Waals surface area contributed by atoms with Crippen molar-refractivity contribution in [3.8, 4) is 0 Å². The van der Waals surface area contributed by atoms with Gasteiger partial charge in [-0.3, -0.25) is 4.79 Å². The van der Waals surface area contributed by atoms with E-state index < -0.39 is 0 Å². The highest BCUT2D eigenvalue weighted by atomic mass is 32.1. The van der Waals surface area contributed by atoms with Crippen LogP contribution in [0.5, 0.6) is 0 Å². The van der Waals surface area contributed by atoms with E-state index in [1.165, 1.54) is 0 Å². The summed E-state index contributed by atoms with van der Waals surface area (Å²) in [5, 5.41) is 0. The number of nitrogens with zero attached hydrogens (tertiary/aromatic N) is 1. The highest BCUT2D eigenvalue weighted by molar-refractivity contribution is 7.80. The number of rotatable bonds is 2. The Morgan fingerprint density at radius 3 is 2.45 bits per heavy atom. The molecule has 0 spiro atoms. The molecule has 0 atom stereocenters. The normalized spacial score (nSPS) is 16.9. The second-order valence-electron chi connectivity index (χ2n) is 2.73. The molecule has 3 nitrogen and oxygen atoms in total. The number of hydrogen-bond donors (Lipinski definition) is 1. The standard InChI is InChI=1S/C7H12N2OS/c8-6(11)5-7(10)9-3-1-2-4-9/h1-5H2,(H2,8,11). The first-order valence-corrected chi connectivity index (χ1v) is 4.17. The number of likely N-dealkylation sites (tertiary alicyclic amines) is 1. The summed E-state index contributed by atoms with van der Waals surface area (Å²) >= 11 is 4.64. The molecule has 1 rings (SSSR count). The molecule has 0 aliphatic carbocycles. The summed E-state index contributed by atoms with van der Waals surface area (Å²) in [5.41, 5.74) is 5.24. The third kappa shape index (κ3) is 2.46. The second kappa shape index (κ2) is 3.67. The van der Waals surface area contributed by atoms with Crippen LogP contribution in [0.3, 0.4) is 0 Å². The maximum Gasteiger partial charge on any atom is 0.229 e. The molecule has 0 bridgehead atoms. The average Bonchev–Trinajstić information content (AvgIpc) is 2.35. The minimum Gasteiger partial charge on any atom is -0.393 e. The van der Waals surface area contributed by atoms with Gasteiger partial charge in [0.25, 0.3) is 0 Å². The number of carbonyl (C=O) groups excluding carboxylic acids is 1. The summed E-state index contributed by atoms with van der Waals surface area (Å²) in [6.45, 7) is 1.75. The van der Waals surface area contributed by atoms with Gasteiger partial charge in [0.05, 0.1) is 11.4 Å². The molecule has 62 valence electrons. The Labute approximate surface area is 71.5 Å². The molecule has 1 amide bonds. The van der Waals surface area contributed by atoms with Gasteiger partial charge in [-0.2, -0.15) is 0 Å². The second-order valence-corrected chi connectivity index (χ2v) is 3.26. The number of carbonyl (C=O) groups is 1. The fourth-order valence-electron chi connectivity index (χ4n) is 1.23. The van der Waals surface area contributed by atoms with Crippen molar-refractivity contribution < 1.29 is 4.79 Å². The molecule has 4 heteroatoms. The highest BCUT2D eigenvalue weighted by Gasteiger charge is 2.17. The van der Waals surface area contributed by atoms with Crippen molar-refractivity contribution in [1.29, 1.82) is 0 Å². The molecule has 1 aliphatic heterocycles. The number of amides is 1. The quantitative estimate of drug-likeness (QED) is 0.609.